The first kappa shape index (κ1) is 14.4. The van der Waals surface area contributed by atoms with Gasteiger partial charge >= 0.3 is 5.91 Å². The van der Waals surface area contributed by atoms with Gasteiger partial charge in [0.25, 0.3) is 5.82 Å². The van der Waals surface area contributed by atoms with Crippen LogP contribution in [0.1, 0.15) is 16.1 Å². The van der Waals surface area contributed by atoms with E-state index in [0.717, 1.165) is 16.8 Å². The number of aromatic nitrogens is 1. The van der Waals surface area contributed by atoms with E-state index in [2.05, 4.69) is 5.32 Å². The molecular weight excluding hydrogens is 304 g/mol. The van der Waals surface area contributed by atoms with Gasteiger partial charge in [0.2, 0.25) is 5.76 Å². The molecule has 0 spiro atoms. The highest BCUT2D eigenvalue weighted by Crippen LogP contribution is 2.30. The highest BCUT2D eigenvalue weighted by atomic mass is 35.5. The quantitative estimate of drug-likeness (QED) is 0.607. The largest absolute Gasteiger partial charge is 1.00 e. The minimum absolute atomic E-state index is 0. The second-order valence-corrected chi connectivity index (χ2v) is 4.94. The maximum atomic E-state index is 12.3. The monoisotopic (exact) mass is 316 g/mol. The zero-order chi connectivity index (χ0) is 14.4. The Morgan fingerprint density at radius 3 is 2.95 bits per heavy atom. The van der Waals surface area contributed by atoms with Gasteiger partial charge in [-0.05, 0) is 18.2 Å². The second kappa shape index (κ2) is 5.35. The zero-order valence-electron chi connectivity index (χ0n) is 11.8. The fourth-order valence-corrected chi connectivity index (χ4v) is 2.67. The molecule has 0 atom stereocenters. The first-order chi connectivity index (χ1) is 10.3. The smallest absolute Gasteiger partial charge is 0.375 e. The average molecular weight is 317 g/mol. The fraction of sp³-hybridized carbons (Fsp3) is 0.125. The summed E-state index contributed by atoms with van der Waals surface area (Å²) in [7, 11) is 1.61. The number of amides is 1. The molecule has 0 radical (unpaired) electrons. The van der Waals surface area contributed by atoms with E-state index in [0.29, 0.717) is 23.6 Å². The van der Waals surface area contributed by atoms with Gasteiger partial charge in [0.15, 0.2) is 0 Å². The minimum Gasteiger partial charge on any atom is -1.00 e. The van der Waals surface area contributed by atoms with Gasteiger partial charge in [0.1, 0.15) is 17.9 Å². The number of anilines is 1. The third kappa shape index (κ3) is 2.10. The molecule has 5 nitrogen and oxygen atoms in total. The zero-order valence-corrected chi connectivity index (χ0v) is 12.6. The molecule has 0 saturated carbocycles. The van der Waals surface area contributed by atoms with Crippen molar-refractivity contribution in [1.29, 1.82) is 0 Å². The minimum atomic E-state index is -0.224. The van der Waals surface area contributed by atoms with E-state index in [9.17, 15) is 4.79 Å². The van der Waals surface area contributed by atoms with E-state index in [1.165, 1.54) is 0 Å². The van der Waals surface area contributed by atoms with Crippen molar-refractivity contribution in [3.8, 4) is 5.75 Å². The van der Waals surface area contributed by atoms with Crippen LogP contribution in [0.25, 0.3) is 11.0 Å². The number of nitrogens with one attached hydrogen (secondary N) is 1. The Labute approximate surface area is 132 Å². The Bertz CT molecular complexity index is 873. The van der Waals surface area contributed by atoms with Gasteiger partial charge in [-0.15, -0.1) is 0 Å². The Kier molecular flexibility index (Phi) is 3.50. The molecular formula is C16H13ClN2O3. The summed E-state index contributed by atoms with van der Waals surface area (Å²) in [6, 6.07) is 11.3. The predicted octanol–water partition coefficient (Wildman–Crippen LogP) is -0.653. The van der Waals surface area contributed by atoms with Gasteiger partial charge in [-0.25, -0.2) is 14.7 Å². The molecule has 1 N–H and O–H groups in total. The first-order valence-corrected chi connectivity index (χ1v) is 6.65. The summed E-state index contributed by atoms with van der Waals surface area (Å²) in [6.07, 6.45) is 1.94. The van der Waals surface area contributed by atoms with E-state index < -0.39 is 0 Å². The Balaban J connectivity index is 0.00000144. The number of pyridine rings is 1. The number of furan rings is 1. The molecule has 0 aliphatic carbocycles. The van der Waals surface area contributed by atoms with Gasteiger partial charge < -0.3 is 21.6 Å². The third-order valence-electron chi connectivity index (χ3n) is 3.72. The Morgan fingerprint density at radius 2 is 2.14 bits per heavy atom. The topological polar surface area (TPSA) is 55.4 Å². The molecule has 4 rings (SSSR count). The summed E-state index contributed by atoms with van der Waals surface area (Å²) in [4.78, 5) is 12.3. The number of fused-ring (bicyclic) bond motifs is 4. The van der Waals surface area contributed by atoms with Crippen LogP contribution < -0.4 is 27.0 Å². The number of ether oxygens (including phenoxy) is 1. The van der Waals surface area contributed by atoms with Crippen molar-refractivity contribution >= 4 is 22.7 Å². The number of carbonyl (C=O) groups is 1. The van der Waals surface area contributed by atoms with E-state index in [-0.39, 0.29) is 18.3 Å². The number of carbonyl (C=O) groups excluding carboxylic acids is 1. The lowest BCUT2D eigenvalue weighted by Gasteiger charge is -2.01. The lowest BCUT2D eigenvalue weighted by molar-refractivity contribution is -0.673. The number of nitrogens with zero attached hydrogens (tertiary/aromatic N) is 1. The number of benzene rings is 1. The van der Waals surface area contributed by atoms with Crippen LogP contribution in [-0.4, -0.2) is 13.0 Å². The van der Waals surface area contributed by atoms with Crippen LogP contribution in [0.15, 0.2) is 47.0 Å². The molecule has 3 aromatic rings. The van der Waals surface area contributed by atoms with Gasteiger partial charge in [0.05, 0.1) is 18.9 Å². The summed E-state index contributed by atoms with van der Waals surface area (Å²) in [5, 5.41) is 3.80. The number of rotatable bonds is 1. The summed E-state index contributed by atoms with van der Waals surface area (Å²) >= 11 is 0. The standard InChI is InChI=1S/C16H12N2O3.ClH/c1-20-10-5-6-11-12-9-18-7-3-2-4-14(18)17-16(19)15(12)21-13(11)8-10;/h2-8H,9H2,1H3;1H. The predicted molar refractivity (Wildman–Crippen MR) is 76.5 cm³/mol. The number of hydrogen-bond donors (Lipinski definition) is 1. The summed E-state index contributed by atoms with van der Waals surface area (Å²) in [5.41, 5.74) is 1.55. The molecule has 0 bridgehead atoms. The molecule has 0 saturated heterocycles. The maximum Gasteiger partial charge on any atom is 0.375 e. The number of hydrogen-bond acceptors (Lipinski definition) is 3. The molecule has 6 heteroatoms. The van der Waals surface area contributed by atoms with Crippen molar-refractivity contribution in [2.75, 3.05) is 12.4 Å². The fourth-order valence-electron chi connectivity index (χ4n) is 2.67. The van der Waals surface area contributed by atoms with Gasteiger partial charge in [-0.1, -0.05) is 6.07 Å². The van der Waals surface area contributed by atoms with Crippen LogP contribution >= 0.6 is 0 Å². The van der Waals surface area contributed by atoms with Crippen molar-refractivity contribution in [3.05, 3.63) is 53.9 Å². The van der Waals surface area contributed by atoms with E-state index in [4.69, 9.17) is 9.15 Å². The van der Waals surface area contributed by atoms with Crippen LogP contribution in [0.5, 0.6) is 5.75 Å². The molecule has 1 aromatic carbocycles. The summed E-state index contributed by atoms with van der Waals surface area (Å²) < 4.78 is 12.9. The van der Waals surface area contributed by atoms with Crippen LogP contribution in [-0.2, 0) is 6.54 Å². The van der Waals surface area contributed by atoms with Crippen LogP contribution in [0.2, 0.25) is 0 Å². The Morgan fingerprint density at radius 1 is 1.27 bits per heavy atom. The van der Waals surface area contributed by atoms with Gasteiger partial charge in [-0.2, -0.15) is 0 Å². The lowest BCUT2D eigenvalue weighted by Crippen LogP contribution is -3.00. The van der Waals surface area contributed by atoms with E-state index in [1.807, 2.05) is 41.1 Å². The highest BCUT2D eigenvalue weighted by Gasteiger charge is 2.30. The molecule has 1 amide bonds. The van der Waals surface area contributed by atoms with Crippen molar-refractivity contribution in [1.82, 2.24) is 0 Å². The maximum absolute atomic E-state index is 12.3. The average Bonchev–Trinajstić information content (AvgIpc) is 2.80. The molecule has 112 valence electrons. The molecule has 1 aliphatic heterocycles. The van der Waals surface area contributed by atoms with E-state index in [1.54, 1.807) is 13.2 Å². The van der Waals surface area contributed by atoms with Gasteiger partial charge in [0, 0.05) is 17.5 Å². The molecule has 0 unspecified atom stereocenters. The Hall–Kier alpha value is -2.53. The van der Waals surface area contributed by atoms with Crippen molar-refractivity contribution < 1.29 is 30.9 Å². The van der Waals surface area contributed by atoms with Gasteiger partial charge in [-0.3, -0.25) is 0 Å². The van der Waals surface area contributed by atoms with Crippen LogP contribution in [0, 0.1) is 0 Å². The van der Waals surface area contributed by atoms with E-state index >= 15 is 0 Å². The first-order valence-electron chi connectivity index (χ1n) is 6.65. The number of halogens is 1. The highest BCUT2D eigenvalue weighted by molar-refractivity contribution is 6.06. The van der Waals surface area contributed by atoms with Crippen molar-refractivity contribution in [2.24, 2.45) is 0 Å². The molecule has 1 aliphatic rings. The second-order valence-electron chi connectivity index (χ2n) is 4.94. The summed E-state index contributed by atoms with van der Waals surface area (Å²) in [6.45, 7) is 0.587. The van der Waals surface area contributed by atoms with Crippen molar-refractivity contribution in [3.63, 3.8) is 0 Å². The molecule has 0 fully saturated rings. The SMILES string of the molecule is COc1ccc2c3c(oc2c1)C(=O)Nc1cccc[n+]1C3.[Cl-]. The van der Waals surface area contributed by atoms with Crippen LogP contribution in [0.3, 0.4) is 0 Å². The normalized spacial score (nSPS) is 12.7. The molecule has 2 aromatic heterocycles. The lowest BCUT2D eigenvalue weighted by atomic mass is 10.1. The molecule has 3 heterocycles. The van der Waals surface area contributed by atoms with Crippen molar-refractivity contribution in [2.45, 2.75) is 6.54 Å². The van der Waals surface area contributed by atoms with Crippen LogP contribution in [0.4, 0.5) is 5.82 Å². The number of methoxy groups -OCH3 is 1. The molecule has 22 heavy (non-hydrogen) atoms. The summed E-state index contributed by atoms with van der Waals surface area (Å²) in [5.74, 6) is 1.61. The third-order valence-corrected chi connectivity index (χ3v) is 3.72.